The van der Waals surface area contributed by atoms with Gasteiger partial charge in [0.05, 0.1) is 0 Å². The summed E-state index contributed by atoms with van der Waals surface area (Å²) in [6.07, 6.45) is 5.46. The predicted octanol–water partition coefficient (Wildman–Crippen LogP) is 3.20. The maximum Gasteiger partial charge on any atom is 0.126 e. The van der Waals surface area contributed by atoms with Crippen molar-refractivity contribution in [2.24, 2.45) is 5.73 Å². The quantitative estimate of drug-likeness (QED) is 0.703. The fourth-order valence-corrected chi connectivity index (χ4v) is 2.49. The third-order valence-corrected chi connectivity index (χ3v) is 3.31. The van der Waals surface area contributed by atoms with Crippen molar-refractivity contribution in [3.8, 4) is 0 Å². The molecule has 15 heavy (non-hydrogen) atoms. The Balaban J connectivity index is 2.18. The molecule has 1 fully saturated rings. The van der Waals surface area contributed by atoms with Gasteiger partial charge in [-0.3, -0.25) is 0 Å². The van der Waals surface area contributed by atoms with Crippen molar-refractivity contribution in [2.75, 3.05) is 0 Å². The molecule has 2 unspecified atom stereocenters. The van der Waals surface area contributed by atoms with Crippen LogP contribution in [0.2, 0.25) is 0 Å². The molecule has 0 bridgehead atoms. The molecular weight excluding hydrogens is 189 g/mol. The van der Waals surface area contributed by atoms with Crippen LogP contribution in [0.1, 0.15) is 43.6 Å². The Labute approximate surface area is 90.5 Å². The van der Waals surface area contributed by atoms with Crippen LogP contribution in [0.5, 0.6) is 0 Å². The van der Waals surface area contributed by atoms with Crippen molar-refractivity contribution in [1.82, 2.24) is 0 Å². The van der Waals surface area contributed by atoms with Gasteiger partial charge in [0, 0.05) is 6.04 Å². The minimum absolute atomic E-state index is 0.0726. The Morgan fingerprint density at radius 1 is 1.13 bits per heavy atom. The average molecular weight is 207 g/mol. The van der Waals surface area contributed by atoms with E-state index in [9.17, 15) is 4.39 Å². The van der Waals surface area contributed by atoms with E-state index in [1.807, 2.05) is 12.1 Å². The van der Waals surface area contributed by atoms with Crippen molar-refractivity contribution in [3.05, 3.63) is 35.6 Å². The van der Waals surface area contributed by atoms with Crippen LogP contribution in [-0.4, -0.2) is 6.04 Å². The van der Waals surface area contributed by atoms with Gasteiger partial charge < -0.3 is 5.73 Å². The number of rotatable bonds is 1. The monoisotopic (exact) mass is 207 g/mol. The Morgan fingerprint density at radius 2 is 1.87 bits per heavy atom. The summed E-state index contributed by atoms with van der Waals surface area (Å²) in [5, 5.41) is 0. The largest absolute Gasteiger partial charge is 0.328 e. The smallest absolute Gasteiger partial charge is 0.126 e. The highest BCUT2D eigenvalue weighted by molar-refractivity contribution is 5.22. The highest BCUT2D eigenvalue weighted by Crippen LogP contribution is 2.32. The standard InChI is InChI=1S/C13H18FN/c14-13-8-4-3-7-12(13)10-5-1-2-6-11(15)9-10/h3-4,7-8,10-11H,1-2,5-6,9,15H2. The number of hydrogen-bond acceptors (Lipinski definition) is 1. The topological polar surface area (TPSA) is 26.0 Å². The van der Waals surface area contributed by atoms with Crippen LogP contribution in [0.15, 0.2) is 24.3 Å². The lowest BCUT2D eigenvalue weighted by Gasteiger charge is -2.17. The van der Waals surface area contributed by atoms with Crippen molar-refractivity contribution in [1.29, 1.82) is 0 Å². The first kappa shape index (κ1) is 10.6. The zero-order valence-corrected chi connectivity index (χ0v) is 8.95. The van der Waals surface area contributed by atoms with Gasteiger partial charge in [0.25, 0.3) is 0 Å². The number of benzene rings is 1. The Morgan fingerprint density at radius 3 is 2.67 bits per heavy atom. The molecule has 1 nitrogen and oxygen atoms in total. The summed E-state index contributed by atoms with van der Waals surface area (Å²) in [6, 6.07) is 7.35. The third-order valence-electron chi connectivity index (χ3n) is 3.31. The second-order valence-corrected chi connectivity index (χ2v) is 4.50. The summed E-state index contributed by atoms with van der Waals surface area (Å²) >= 11 is 0. The molecule has 1 aliphatic carbocycles. The van der Waals surface area contributed by atoms with Gasteiger partial charge in [-0.15, -0.1) is 0 Å². The first-order valence-corrected chi connectivity index (χ1v) is 5.77. The van der Waals surface area contributed by atoms with Crippen LogP contribution in [-0.2, 0) is 0 Å². The molecule has 2 N–H and O–H groups in total. The number of hydrogen-bond donors (Lipinski definition) is 1. The van der Waals surface area contributed by atoms with E-state index in [2.05, 4.69) is 0 Å². The molecule has 0 radical (unpaired) electrons. The van der Waals surface area contributed by atoms with Gasteiger partial charge in [-0.25, -0.2) is 4.39 Å². The number of halogens is 1. The summed E-state index contributed by atoms with van der Waals surface area (Å²) in [7, 11) is 0. The van der Waals surface area contributed by atoms with Crippen molar-refractivity contribution in [2.45, 2.75) is 44.1 Å². The van der Waals surface area contributed by atoms with Crippen LogP contribution >= 0.6 is 0 Å². The van der Waals surface area contributed by atoms with Gasteiger partial charge >= 0.3 is 0 Å². The Kier molecular flexibility index (Phi) is 3.37. The summed E-state index contributed by atoms with van der Waals surface area (Å²) in [6.45, 7) is 0. The van der Waals surface area contributed by atoms with Gasteiger partial charge in [0.1, 0.15) is 5.82 Å². The lowest BCUT2D eigenvalue weighted by molar-refractivity contribution is 0.507. The molecule has 1 aromatic rings. The highest BCUT2D eigenvalue weighted by atomic mass is 19.1. The van der Waals surface area contributed by atoms with Crippen LogP contribution in [0, 0.1) is 5.82 Å². The van der Waals surface area contributed by atoms with Gasteiger partial charge in [-0.05, 0) is 36.8 Å². The van der Waals surface area contributed by atoms with Gasteiger partial charge in [0.2, 0.25) is 0 Å². The maximum absolute atomic E-state index is 13.6. The van der Waals surface area contributed by atoms with Crippen LogP contribution < -0.4 is 5.73 Å². The molecule has 0 amide bonds. The Hall–Kier alpha value is -0.890. The van der Waals surface area contributed by atoms with Gasteiger partial charge in [-0.2, -0.15) is 0 Å². The van der Waals surface area contributed by atoms with E-state index in [-0.39, 0.29) is 11.9 Å². The third kappa shape index (κ3) is 2.57. The molecule has 82 valence electrons. The molecular formula is C13H18FN. The van der Waals surface area contributed by atoms with E-state index < -0.39 is 0 Å². The molecule has 0 aliphatic heterocycles. The molecule has 0 aromatic heterocycles. The van der Waals surface area contributed by atoms with Crippen molar-refractivity contribution >= 4 is 0 Å². The lowest BCUT2D eigenvalue weighted by Crippen LogP contribution is -2.21. The molecule has 2 atom stereocenters. The SMILES string of the molecule is NC1CCCCC(c2ccccc2F)C1. The minimum Gasteiger partial charge on any atom is -0.328 e. The maximum atomic E-state index is 13.6. The summed E-state index contributed by atoms with van der Waals surface area (Å²) in [5.41, 5.74) is 6.85. The molecule has 2 rings (SSSR count). The summed E-state index contributed by atoms with van der Waals surface area (Å²) < 4.78 is 13.6. The molecule has 0 heterocycles. The predicted molar refractivity (Wildman–Crippen MR) is 60.2 cm³/mol. The van der Waals surface area contributed by atoms with Crippen molar-refractivity contribution in [3.63, 3.8) is 0 Å². The summed E-state index contributed by atoms with van der Waals surface area (Å²) in [5.74, 6) is 0.250. The van der Waals surface area contributed by atoms with E-state index in [0.717, 1.165) is 24.8 Å². The van der Waals surface area contributed by atoms with E-state index in [0.29, 0.717) is 5.92 Å². The van der Waals surface area contributed by atoms with Crippen LogP contribution in [0.25, 0.3) is 0 Å². The number of nitrogens with two attached hydrogens (primary N) is 1. The molecule has 1 aromatic carbocycles. The van der Waals surface area contributed by atoms with Gasteiger partial charge in [-0.1, -0.05) is 31.0 Å². The average Bonchev–Trinajstić information content (AvgIpc) is 2.43. The van der Waals surface area contributed by atoms with Crippen LogP contribution in [0.3, 0.4) is 0 Å². The highest BCUT2D eigenvalue weighted by Gasteiger charge is 2.20. The van der Waals surface area contributed by atoms with Crippen LogP contribution in [0.4, 0.5) is 4.39 Å². The minimum atomic E-state index is -0.0726. The molecule has 1 aliphatic rings. The normalized spacial score (nSPS) is 27.3. The van der Waals surface area contributed by atoms with E-state index in [1.54, 1.807) is 12.1 Å². The molecule has 0 spiro atoms. The van der Waals surface area contributed by atoms with Crippen molar-refractivity contribution < 1.29 is 4.39 Å². The molecule has 2 heteroatoms. The fraction of sp³-hybridized carbons (Fsp3) is 0.538. The Bertz CT molecular complexity index is 324. The fourth-order valence-electron chi connectivity index (χ4n) is 2.49. The van der Waals surface area contributed by atoms with E-state index in [1.165, 1.54) is 12.8 Å². The zero-order valence-electron chi connectivity index (χ0n) is 8.95. The zero-order chi connectivity index (χ0) is 10.7. The summed E-state index contributed by atoms with van der Waals surface area (Å²) in [4.78, 5) is 0. The van der Waals surface area contributed by atoms with Gasteiger partial charge in [0.15, 0.2) is 0 Å². The first-order chi connectivity index (χ1) is 7.27. The van der Waals surface area contributed by atoms with E-state index in [4.69, 9.17) is 5.73 Å². The van der Waals surface area contributed by atoms with E-state index >= 15 is 0 Å². The lowest BCUT2D eigenvalue weighted by atomic mass is 9.90. The molecule has 1 saturated carbocycles. The second-order valence-electron chi connectivity index (χ2n) is 4.50. The first-order valence-electron chi connectivity index (χ1n) is 5.77. The molecule has 0 saturated heterocycles. The second kappa shape index (κ2) is 4.75.